The molecule has 0 spiro atoms. The summed E-state index contributed by atoms with van der Waals surface area (Å²) in [4.78, 5) is 25.8. The third-order valence-corrected chi connectivity index (χ3v) is 4.92. The number of carbonyl (C=O) groups is 2. The number of hydrogen-bond acceptors (Lipinski definition) is 3. The van der Waals surface area contributed by atoms with Gasteiger partial charge in [0.1, 0.15) is 0 Å². The summed E-state index contributed by atoms with van der Waals surface area (Å²) in [5.41, 5.74) is 3.63. The molecule has 0 bridgehead atoms. The van der Waals surface area contributed by atoms with Gasteiger partial charge in [-0.3, -0.25) is 9.59 Å². The first-order valence-corrected chi connectivity index (χ1v) is 9.53. The number of amides is 2. The molecule has 1 saturated heterocycles. The summed E-state index contributed by atoms with van der Waals surface area (Å²) in [6.45, 7) is 3.54. The molecule has 0 radical (unpaired) electrons. The third kappa shape index (κ3) is 4.74. The van der Waals surface area contributed by atoms with Crippen molar-refractivity contribution in [3.63, 3.8) is 0 Å². The number of nitrogens with one attached hydrogen (secondary N) is 1. The van der Waals surface area contributed by atoms with Crippen LogP contribution in [0, 0.1) is 0 Å². The van der Waals surface area contributed by atoms with Crippen molar-refractivity contribution < 1.29 is 14.7 Å². The van der Waals surface area contributed by atoms with Gasteiger partial charge >= 0.3 is 0 Å². The van der Waals surface area contributed by atoms with Crippen LogP contribution in [0.5, 0.6) is 0 Å². The molecule has 0 saturated carbocycles. The van der Waals surface area contributed by atoms with Gasteiger partial charge in [0.15, 0.2) is 0 Å². The molecule has 1 atom stereocenters. The van der Waals surface area contributed by atoms with Crippen LogP contribution in [0.1, 0.15) is 48.2 Å². The number of benzene rings is 2. The Morgan fingerprint density at radius 2 is 1.70 bits per heavy atom. The van der Waals surface area contributed by atoms with E-state index in [-0.39, 0.29) is 11.8 Å². The van der Waals surface area contributed by atoms with E-state index in [1.54, 1.807) is 4.90 Å². The monoisotopic (exact) mass is 366 g/mol. The first kappa shape index (κ1) is 19.1. The molecule has 5 heteroatoms. The summed E-state index contributed by atoms with van der Waals surface area (Å²) >= 11 is 0. The molecule has 3 rings (SSSR count). The van der Waals surface area contributed by atoms with Gasteiger partial charge in [0.25, 0.3) is 5.91 Å². The van der Waals surface area contributed by atoms with Gasteiger partial charge in [0, 0.05) is 31.6 Å². The molecular formula is C22H26N2O3. The van der Waals surface area contributed by atoms with E-state index in [4.69, 9.17) is 0 Å². The average molecular weight is 366 g/mol. The first-order chi connectivity index (χ1) is 13.1. The molecule has 1 aliphatic heterocycles. The highest BCUT2D eigenvalue weighted by molar-refractivity contribution is 5.95. The highest BCUT2D eigenvalue weighted by Crippen LogP contribution is 2.24. The second kappa shape index (κ2) is 8.82. The number of aliphatic hydroxyl groups is 1. The largest absolute Gasteiger partial charge is 0.388 e. The Labute approximate surface area is 160 Å². The summed E-state index contributed by atoms with van der Waals surface area (Å²) < 4.78 is 0. The standard InChI is InChI=1S/C22H26N2O3/c1-2-3-20(25)18-8-4-16(5-9-18)17-6-10-19(11-7-17)22(27)24-14-12-21(26)23-13-15-24/h4-11,20,25H,2-3,12-15H2,1H3,(H,23,26)/t20-/m0/s1. The zero-order chi connectivity index (χ0) is 19.2. The van der Waals surface area contributed by atoms with Crippen molar-refractivity contribution in [2.45, 2.75) is 32.3 Å². The molecule has 2 aromatic rings. The fraction of sp³-hybridized carbons (Fsp3) is 0.364. The molecule has 142 valence electrons. The molecule has 1 aliphatic rings. The smallest absolute Gasteiger partial charge is 0.253 e. The summed E-state index contributed by atoms with van der Waals surface area (Å²) in [5.74, 6) is -0.0516. The number of aliphatic hydroxyl groups excluding tert-OH is 1. The average Bonchev–Trinajstić information content (AvgIpc) is 2.92. The van der Waals surface area contributed by atoms with Crippen molar-refractivity contribution in [1.29, 1.82) is 0 Å². The lowest BCUT2D eigenvalue weighted by Crippen LogP contribution is -2.34. The van der Waals surface area contributed by atoms with Crippen LogP contribution in [-0.4, -0.2) is 41.5 Å². The Kier molecular flexibility index (Phi) is 6.24. The van der Waals surface area contributed by atoms with Crippen LogP contribution in [0.4, 0.5) is 0 Å². The van der Waals surface area contributed by atoms with Gasteiger partial charge in [-0.25, -0.2) is 0 Å². The topological polar surface area (TPSA) is 69.6 Å². The summed E-state index contributed by atoms with van der Waals surface area (Å²) in [6.07, 6.45) is 1.63. The predicted octanol–water partition coefficient (Wildman–Crippen LogP) is 3.15. The minimum Gasteiger partial charge on any atom is -0.388 e. The Bertz CT molecular complexity index is 784. The maximum atomic E-state index is 12.6. The van der Waals surface area contributed by atoms with Crippen LogP contribution in [0.2, 0.25) is 0 Å². The lowest BCUT2D eigenvalue weighted by Gasteiger charge is -2.19. The first-order valence-electron chi connectivity index (χ1n) is 9.53. The molecular weight excluding hydrogens is 340 g/mol. The van der Waals surface area contributed by atoms with Crippen LogP contribution < -0.4 is 5.32 Å². The fourth-order valence-electron chi connectivity index (χ4n) is 3.30. The van der Waals surface area contributed by atoms with E-state index < -0.39 is 6.10 Å². The van der Waals surface area contributed by atoms with Gasteiger partial charge < -0.3 is 15.3 Å². The van der Waals surface area contributed by atoms with E-state index in [2.05, 4.69) is 12.2 Å². The Morgan fingerprint density at radius 3 is 2.33 bits per heavy atom. The second-order valence-electron chi connectivity index (χ2n) is 6.90. The maximum Gasteiger partial charge on any atom is 0.253 e. The molecule has 0 unspecified atom stereocenters. The molecule has 0 aliphatic carbocycles. The van der Waals surface area contributed by atoms with E-state index in [0.29, 0.717) is 31.6 Å². The van der Waals surface area contributed by atoms with Gasteiger partial charge in [0.05, 0.1) is 6.10 Å². The normalized spacial score (nSPS) is 15.8. The minimum absolute atomic E-state index is 0.00634. The van der Waals surface area contributed by atoms with Gasteiger partial charge in [0.2, 0.25) is 5.91 Å². The van der Waals surface area contributed by atoms with Crippen molar-refractivity contribution in [2.24, 2.45) is 0 Å². The Hall–Kier alpha value is -2.66. The fourth-order valence-corrected chi connectivity index (χ4v) is 3.30. The highest BCUT2D eigenvalue weighted by Gasteiger charge is 2.19. The molecule has 1 fully saturated rings. The van der Waals surface area contributed by atoms with E-state index in [1.165, 1.54) is 0 Å². The molecule has 2 N–H and O–H groups in total. The Balaban J connectivity index is 1.69. The number of hydrogen-bond donors (Lipinski definition) is 2. The van der Waals surface area contributed by atoms with Crippen molar-refractivity contribution in [1.82, 2.24) is 10.2 Å². The highest BCUT2D eigenvalue weighted by atomic mass is 16.3. The molecule has 0 aromatic heterocycles. The lowest BCUT2D eigenvalue weighted by atomic mass is 9.99. The summed E-state index contributed by atoms with van der Waals surface area (Å²) in [5, 5.41) is 12.9. The van der Waals surface area contributed by atoms with E-state index >= 15 is 0 Å². The van der Waals surface area contributed by atoms with E-state index in [0.717, 1.165) is 29.5 Å². The van der Waals surface area contributed by atoms with Gasteiger partial charge in [-0.05, 0) is 35.2 Å². The van der Waals surface area contributed by atoms with Crippen molar-refractivity contribution in [3.8, 4) is 11.1 Å². The van der Waals surface area contributed by atoms with Gasteiger partial charge in [-0.1, -0.05) is 49.7 Å². The van der Waals surface area contributed by atoms with Crippen LogP contribution in [0.25, 0.3) is 11.1 Å². The molecule has 2 amide bonds. The Morgan fingerprint density at radius 1 is 1.07 bits per heavy atom. The molecule has 1 heterocycles. The van der Waals surface area contributed by atoms with Crippen LogP contribution in [0.3, 0.4) is 0 Å². The number of rotatable bonds is 5. The summed E-state index contributed by atoms with van der Waals surface area (Å²) in [7, 11) is 0. The van der Waals surface area contributed by atoms with Gasteiger partial charge in [-0.2, -0.15) is 0 Å². The quantitative estimate of drug-likeness (QED) is 0.854. The second-order valence-corrected chi connectivity index (χ2v) is 6.90. The van der Waals surface area contributed by atoms with Gasteiger partial charge in [-0.15, -0.1) is 0 Å². The maximum absolute atomic E-state index is 12.6. The van der Waals surface area contributed by atoms with Crippen LogP contribution in [-0.2, 0) is 4.79 Å². The molecule has 27 heavy (non-hydrogen) atoms. The van der Waals surface area contributed by atoms with Crippen molar-refractivity contribution in [2.75, 3.05) is 19.6 Å². The predicted molar refractivity (Wildman–Crippen MR) is 105 cm³/mol. The zero-order valence-electron chi connectivity index (χ0n) is 15.6. The SMILES string of the molecule is CCC[C@H](O)c1ccc(-c2ccc(C(=O)N3CCNC(=O)CC3)cc2)cc1. The zero-order valence-corrected chi connectivity index (χ0v) is 15.6. The van der Waals surface area contributed by atoms with E-state index in [9.17, 15) is 14.7 Å². The minimum atomic E-state index is -0.418. The third-order valence-electron chi connectivity index (χ3n) is 4.92. The summed E-state index contributed by atoms with van der Waals surface area (Å²) in [6, 6.07) is 15.4. The molecule has 2 aromatic carbocycles. The lowest BCUT2D eigenvalue weighted by molar-refractivity contribution is -0.120. The number of nitrogens with zero attached hydrogens (tertiary/aromatic N) is 1. The van der Waals surface area contributed by atoms with Crippen LogP contribution >= 0.6 is 0 Å². The van der Waals surface area contributed by atoms with E-state index in [1.807, 2.05) is 48.5 Å². The molecule has 5 nitrogen and oxygen atoms in total. The van der Waals surface area contributed by atoms with Crippen molar-refractivity contribution >= 4 is 11.8 Å². The van der Waals surface area contributed by atoms with Crippen molar-refractivity contribution in [3.05, 3.63) is 59.7 Å². The number of carbonyl (C=O) groups excluding carboxylic acids is 2. The van der Waals surface area contributed by atoms with Crippen LogP contribution in [0.15, 0.2) is 48.5 Å².